The molecule has 3 aromatic rings. The van der Waals surface area contributed by atoms with E-state index in [2.05, 4.69) is 29.2 Å². The van der Waals surface area contributed by atoms with Crippen LogP contribution in [0.15, 0.2) is 54.7 Å². The summed E-state index contributed by atoms with van der Waals surface area (Å²) in [4.78, 5) is 19.1. The number of amides is 1. The molecule has 0 N–H and O–H groups in total. The Kier molecular flexibility index (Phi) is 5.13. The van der Waals surface area contributed by atoms with Crippen molar-refractivity contribution >= 4 is 17.4 Å². The van der Waals surface area contributed by atoms with Crippen molar-refractivity contribution in [1.29, 1.82) is 0 Å². The highest BCUT2D eigenvalue weighted by Gasteiger charge is 2.33. The van der Waals surface area contributed by atoms with Crippen molar-refractivity contribution in [2.75, 3.05) is 13.1 Å². The lowest BCUT2D eigenvalue weighted by Gasteiger charge is -2.39. The number of rotatable bonds is 4. The average molecular weight is 396 g/mol. The van der Waals surface area contributed by atoms with Crippen LogP contribution in [-0.2, 0) is 4.74 Å². The largest absolute Gasteiger partial charge is 0.447 e. The molecule has 144 valence electrons. The van der Waals surface area contributed by atoms with Crippen molar-refractivity contribution in [1.82, 2.24) is 9.88 Å². The molecular formula is C22H21FN2O2S. The summed E-state index contributed by atoms with van der Waals surface area (Å²) in [6.45, 7) is 5.10. The van der Waals surface area contributed by atoms with Crippen LogP contribution < -0.4 is 0 Å². The van der Waals surface area contributed by atoms with Crippen LogP contribution in [0.5, 0.6) is 0 Å². The first kappa shape index (κ1) is 18.6. The number of hydrogen-bond donors (Lipinski definition) is 0. The summed E-state index contributed by atoms with van der Waals surface area (Å²) >= 11 is 1.59. The van der Waals surface area contributed by atoms with E-state index >= 15 is 0 Å². The molecule has 4 rings (SSSR count). The Morgan fingerprint density at radius 2 is 1.75 bits per heavy atom. The van der Waals surface area contributed by atoms with Gasteiger partial charge in [-0.25, -0.2) is 14.2 Å². The van der Waals surface area contributed by atoms with Crippen LogP contribution in [-0.4, -0.2) is 35.2 Å². The fraction of sp³-hybridized carbons (Fsp3) is 0.273. The van der Waals surface area contributed by atoms with Crippen LogP contribution in [0, 0.1) is 5.82 Å². The van der Waals surface area contributed by atoms with E-state index in [0.717, 1.165) is 21.0 Å². The van der Waals surface area contributed by atoms with E-state index in [4.69, 9.17) is 4.74 Å². The van der Waals surface area contributed by atoms with Gasteiger partial charge in [-0.2, -0.15) is 0 Å². The van der Waals surface area contributed by atoms with Gasteiger partial charge in [0.25, 0.3) is 0 Å². The zero-order valence-electron chi connectivity index (χ0n) is 15.8. The van der Waals surface area contributed by atoms with Gasteiger partial charge in [-0.1, -0.05) is 24.3 Å². The third-order valence-electron chi connectivity index (χ3n) is 4.74. The number of carbonyl (C=O) groups excluding carboxylic acids is 1. The molecule has 0 bridgehead atoms. The number of aromatic nitrogens is 1. The molecule has 4 nitrogen and oxygen atoms in total. The van der Waals surface area contributed by atoms with Crippen LogP contribution in [0.4, 0.5) is 9.18 Å². The van der Waals surface area contributed by atoms with E-state index in [1.807, 2.05) is 20.0 Å². The Morgan fingerprint density at radius 3 is 2.39 bits per heavy atom. The second kappa shape index (κ2) is 7.72. The third-order valence-corrected chi connectivity index (χ3v) is 5.84. The van der Waals surface area contributed by atoms with Crippen molar-refractivity contribution in [3.05, 3.63) is 66.1 Å². The predicted octanol–water partition coefficient (Wildman–Crippen LogP) is 5.56. The number of benzene rings is 2. The minimum absolute atomic E-state index is 0.0926. The third kappa shape index (κ3) is 3.92. The maximum atomic E-state index is 13.1. The lowest BCUT2D eigenvalue weighted by Crippen LogP contribution is -2.49. The number of likely N-dealkylation sites (tertiary alicyclic amines) is 1. The van der Waals surface area contributed by atoms with Crippen molar-refractivity contribution in [2.24, 2.45) is 0 Å². The number of carbonyl (C=O) groups is 1. The molecule has 1 amide bonds. The van der Waals surface area contributed by atoms with Crippen LogP contribution in [0.1, 0.15) is 25.3 Å². The summed E-state index contributed by atoms with van der Waals surface area (Å²) in [5.41, 5.74) is 3.24. The standard InChI is InChI=1S/C22H21FN2O2S/c1-14(2)27-22(26)25-12-18(13-25)15-3-5-16(6-4-15)20-11-24-21(28-20)17-7-9-19(23)10-8-17/h3-11,14,18H,12-13H2,1-2H3. The number of thiazole rings is 1. The molecule has 0 atom stereocenters. The zero-order valence-corrected chi connectivity index (χ0v) is 16.6. The summed E-state index contributed by atoms with van der Waals surface area (Å²) in [7, 11) is 0. The van der Waals surface area contributed by atoms with Gasteiger partial charge in [-0.3, -0.25) is 0 Å². The maximum absolute atomic E-state index is 13.1. The molecule has 0 radical (unpaired) electrons. The van der Waals surface area contributed by atoms with Crippen molar-refractivity contribution in [3.8, 4) is 21.0 Å². The number of ether oxygens (including phenoxy) is 1. The molecule has 28 heavy (non-hydrogen) atoms. The van der Waals surface area contributed by atoms with Gasteiger partial charge in [0.05, 0.1) is 11.0 Å². The van der Waals surface area contributed by atoms with Crippen LogP contribution in [0.2, 0.25) is 0 Å². The molecule has 6 heteroatoms. The van der Waals surface area contributed by atoms with Gasteiger partial charge in [0.2, 0.25) is 0 Å². The molecule has 1 saturated heterocycles. The summed E-state index contributed by atoms with van der Waals surface area (Å²) in [6.07, 6.45) is 1.52. The lowest BCUT2D eigenvalue weighted by atomic mass is 9.91. The fourth-order valence-electron chi connectivity index (χ4n) is 3.17. The molecule has 1 aliphatic rings. The normalized spacial score (nSPS) is 14.2. The Hall–Kier alpha value is -2.73. The molecular weight excluding hydrogens is 375 g/mol. The van der Waals surface area contributed by atoms with Crippen LogP contribution in [0.3, 0.4) is 0 Å². The second-order valence-electron chi connectivity index (χ2n) is 7.19. The zero-order chi connectivity index (χ0) is 19.7. The molecule has 2 heterocycles. The average Bonchev–Trinajstić information content (AvgIpc) is 3.11. The first-order valence-corrected chi connectivity index (χ1v) is 10.1. The van der Waals surface area contributed by atoms with Gasteiger partial charge in [-0.05, 0) is 49.2 Å². The Bertz CT molecular complexity index is 961. The Morgan fingerprint density at radius 1 is 1.11 bits per heavy atom. The first-order chi connectivity index (χ1) is 13.5. The first-order valence-electron chi connectivity index (χ1n) is 9.27. The summed E-state index contributed by atoms with van der Waals surface area (Å²) in [5.74, 6) is 0.105. The fourth-order valence-corrected chi connectivity index (χ4v) is 4.09. The minimum atomic E-state index is -0.247. The van der Waals surface area contributed by atoms with E-state index in [1.54, 1.807) is 28.4 Å². The highest BCUT2D eigenvalue weighted by Crippen LogP contribution is 2.34. The van der Waals surface area contributed by atoms with Gasteiger partial charge < -0.3 is 9.64 Å². The number of nitrogens with zero attached hydrogens (tertiary/aromatic N) is 2. The smallest absolute Gasteiger partial charge is 0.410 e. The molecule has 0 aliphatic carbocycles. The Labute approximate surface area is 167 Å². The highest BCUT2D eigenvalue weighted by atomic mass is 32.1. The second-order valence-corrected chi connectivity index (χ2v) is 8.22. The van der Waals surface area contributed by atoms with Crippen molar-refractivity contribution in [3.63, 3.8) is 0 Å². The highest BCUT2D eigenvalue weighted by molar-refractivity contribution is 7.18. The summed E-state index contributed by atoms with van der Waals surface area (Å²) in [5, 5.41) is 0.873. The van der Waals surface area contributed by atoms with Crippen LogP contribution >= 0.6 is 11.3 Å². The maximum Gasteiger partial charge on any atom is 0.410 e. The van der Waals surface area contributed by atoms with E-state index in [0.29, 0.717) is 19.0 Å². The van der Waals surface area contributed by atoms with Gasteiger partial charge in [-0.15, -0.1) is 11.3 Å². The molecule has 1 fully saturated rings. The summed E-state index contributed by atoms with van der Waals surface area (Å²) in [6, 6.07) is 14.8. The van der Waals surface area contributed by atoms with Crippen LogP contribution in [0.25, 0.3) is 21.0 Å². The Balaban J connectivity index is 1.41. The molecule has 1 aromatic heterocycles. The minimum Gasteiger partial charge on any atom is -0.447 e. The molecule has 0 spiro atoms. The number of hydrogen-bond acceptors (Lipinski definition) is 4. The van der Waals surface area contributed by atoms with E-state index < -0.39 is 0 Å². The van der Waals surface area contributed by atoms with Crippen molar-refractivity contribution in [2.45, 2.75) is 25.9 Å². The summed E-state index contributed by atoms with van der Waals surface area (Å²) < 4.78 is 18.3. The van der Waals surface area contributed by atoms with Gasteiger partial charge in [0.15, 0.2) is 0 Å². The predicted molar refractivity (Wildman–Crippen MR) is 109 cm³/mol. The van der Waals surface area contributed by atoms with Gasteiger partial charge >= 0.3 is 6.09 Å². The SMILES string of the molecule is CC(C)OC(=O)N1CC(c2ccc(-c3cnc(-c4ccc(F)cc4)s3)cc2)C1. The van der Waals surface area contributed by atoms with Gasteiger partial charge in [0.1, 0.15) is 10.8 Å². The lowest BCUT2D eigenvalue weighted by molar-refractivity contribution is 0.0511. The monoisotopic (exact) mass is 396 g/mol. The molecule has 2 aromatic carbocycles. The van der Waals surface area contributed by atoms with E-state index in [-0.39, 0.29) is 18.0 Å². The van der Waals surface area contributed by atoms with Gasteiger partial charge in [0, 0.05) is 30.8 Å². The van der Waals surface area contributed by atoms with E-state index in [1.165, 1.54) is 17.7 Å². The van der Waals surface area contributed by atoms with E-state index in [9.17, 15) is 9.18 Å². The topological polar surface area (TPSA) is 42.4 Å². The molecule has 0 unspecified atom stereocenters. The molecule has 1 aliphatic heterocycles. The van der Waals surface area contributed by atoms with Crippen molar-refractivity contribution < 1.29 is 13.9 Å². The number of halogens is 1. The quantitative estimate of drug-likeness (QED) is 0.580. The molecule has 0 saturated carbocycles.